The summed E-state index contributed by atoms with van der Waals surface area (Å²) >= 11 is 0. The van der Waals surface area contributed by atoms with Gasteiger partial charge in [-0.25, -0.2) is 4.79 Å². The first-order valence-corrected chi connectivity index (χ1v) is 8.59. The molecular formula is C20H22N2O7. The number of primary amides is 1. The fourth-order valence-corrected chi connectivity index (χ4v) is 2.37. The van der Waals surface area contributed by atoms with Crippen LogP contribution < -0.4 is 25.3 Å². The molecule has 0 bridgehead atoms. The van der Waals surface area contributed by atoms with Crippen LogP contribution in [0.2, 0.25) is 0 Å². The summed E-state index contributed by atoms with van der Waals surface area (Å²) in [6, 6.07) is 11.5. The fraction of sp³-hybridized carbons (Fsp3) is 0.250. The summed E-state index contributed by atoms with van der Waals surface area (Å²) in [4.78, 5) is 35.0. The Morgan fingerprint density at radius 1 is 0.931 bits per heavy atom. The highest BCUT2D eigenvalue weighted by Crippen LogP contribution is 2.28. The molecule has 0 aromatic heterocycles. The van der Waals surface area contributed by atoms with E-state index in [9.17, 15) is 14.4 Å². The molecular weight excluding hydrogens is 380 g/mol. The van der Waals surface area contributed by atoms with E-state index >= 15 is 0 Å². The first kappa shape index (κ1) is 21.5. The van der Waals surface area contributed by atoms with Crippen LogP contribution in [-0.2, 0) is 20.9 Å². The summed E-state index contributed by atoms with van der Waals surface area (Å²) in [6.07, 6.45) is 0. The summed E-state index contributed by atoms with van der Waals surface area (Å²) in [5.41, 5.74) is 5.99. The highest BCUT2D eigenvalue weighted by atomic mass is 16.5. The Morgan fingerprint density at radius 3 is 2.34 bits per heavy atom. The number of rotatable bonds is 10. The number of methoxy groups -OCH3 is 2. The minimum absolute atomic E-state index is 0.158. The molecule has 0 aliphatic carbocycles. The number of para-hydroxylation sites is 1. The number of nitrogens with two attached hydrogens (primary N) is 1. The van der Waals surface area contributed by atoms with Crippen molar-refractivity contribution in [2.75, 3.05) is 27.4 Å². The summed E-state index contributed by atoms with van der Waals surface area (Å²) in [5.74, 6) is -0.696. The molecule has 29 heavy (non-hydrogen) atoms. The Hall–Kier alpha value is -3.75. The maximum Gasteiger partial charge on any atom is 0.338 e. The van der Waals surface area contributed by atoms with E-state index in [4.69, 9.17) is 24.7 Å². The molecule has 9 heteroatoms. The standard InChI is InChI=1S/C20H22N2O7/c1-26-15-6-4-3-5-14(15)10-22-19(24)12-29-20(25)13-7-8-16(17(9-13)27-2)28-11-18(21)23/h3-9H,10-12H2,1-2H3,(H2,21,23)(H,22,24). The third-order valence-corrected chi connectivity index (χ3v) is 3.77. The minimum Gasteiger partial charge on any atom is -0.496 e. The van der Waals surface area contributed by atoms with E-state index in [0.717, 1.165) is 5.56 Å². The Bertz CT molecular complexity index is 883. The van der Waals surface area contributed by atoms with Gasteiger partial charge in [-0.3, -0.25) is 9.59 Å². The molecule has 2 aromatic carbocycles. The van der Waals surface area contributed by atoms with E-state index in [-0.39, 0.29) is 30.2 Å². The van der Waals surface area contributed by atoms with Crippen molar-refractivity contribution in [3.63, 3.8) is 0 Å². The van der Waals surface area contributed by atoms with Gasteiger partial charge in [0.1, 0.15) is 5.75 Å². The van der Waals surface area contributed by atoms with Crippen LogP contribution in [0.25, 0.3) is 0 Å². The van der Waals surface area contributed by atoms with Crippen molar-refractivity contribution < 1.29 is 33.3 Å². The van der Waals surface area contributed by atoms with E-state index in [1.54, 1.807) is 13.2 Å². The van der Waals surface area contributed by atoms with Crippen LogP contribution in [0, 0.1) is 0 Å². The molecule has 3 N–H and O–H groups in total. The van der Waals surface area contributed by atoms with Crippen molar-refractivity contribution in [2.24, 2.45) is 5.73 Å². The lowest BCUT2D eigenvalue weighted by Crippen LogP contribution is -2.28. The Kier molecular flexibility index (Phi) is 7.84. The molecule has 0 fully saturated rings. The van der Waals surface area contributed by atoms with E-state index in [1.165, 1.54) is 25.3 Å². The first-order chi connectivity index (χ1) is 13.9. The monoisotopic (exact) mass is 402 g/mol. The molecule has 2 amide bonds. The number of carbonyl (C=O) groups excluding carboxylic acids is 3. The molecule has 0 saturated carbocycles. The first-order valence-electron chi connectivity index (χ1n) is 8.59. The molecule has 0 heterocycles. The van der Waals surface area contributed by atoms with Crippen molar-refractivity contribution in [1.82, 2.24) is 5.32 Å². The second-order valence-corrected chi connectivity index (χ2v) is 5.79. The number of hydrogen-bond acceptors (Lipinski definition) is 7. The molecule has 154 valence electrons. The second-order valence-electron chi connectivity index (χ2n) is 5.79. The zero-order valence-electron chi connectivity index (χ0n) is 16.1. The fourth-order valence-electron chi connectivity index (χ4n) is 2.37. The highest BCUT2D eigenvalue weighted by Gasteiger charge is 2.15. The number of carbonyl (C=O) groups is 3. The molecule has 0 atom stereocenters. The minimum atomic E-state index is -0.711. The maximum atomic E-state index is 12.2. The molecule has 0 aliphatic heterocycles. The number of ether oxygens (including phenoxy) is 4. The molecule has 0 aliphatic rings. The van der Waals surface area contributed by atoms with Gasteiger partial charge in [-0.1, -0.05) is 18.2 Å². The summed E-state index contributed by atoms with van der Waals surface area (Å²) < 4.78 is 20.5. The average molecular weight is 402 g/mol. The third kappa shape index (κ3) is 6.42. The summed E-state index contributed by atoms with van der Waals surface area (Å²) in [6.45, 7) is -0.539. The lowest BCUT2D eigenvalue weighted by molar-refractivity contribution is -0.124. The molecule has 0 saturated heterocycles. The van der Waals surface area contributed by atoms with Crippen LogP contribution in [0.1, 0.15) is 15.9 Å². The van der Waals surface area contributed by atoms with Gasteiger partial charge in [-0.05, 0) is 24.3 Å². The lowest BCUT2D eigenvalue weighted by atomic mass is 10.2. The van der Waals surface area contributed by atoms with E-state index in [2.05, 4.69) is 5.32 Å². The van der Waals surface area contributed by atoms with E-state index < -0.39 is 24.4 Å². The molecule has 2 rings (SSSR count). The number of hydrogen-bond donors (Lipinski definition) is 2. The molecule has 0 radical (unpaired) electrons. The Morgan fingerprint density at radius 2 is 1.66 bits per heavy atom. The topological polar surface area (TPSA) is 126 Å². The van der Waals surface area contributed by atoms with Gasteiger partial charge in [-0.15, -0.1) is 0 Å². The van der Waals surface area contributed by atoms with Gasteiger partial charge >= 0.3 is 5.97 Å². The van der Waals surface area contributed by atoms with Crippen molar-refractivity contribution in [3.8, 4) is 17.2 Å². The smallest absolute Gasteiger partial charge is 0.338 e. The molecule has 2 aromatic rings. The highest BCUT2D eigenvalue weighted by molar-refractivity contribution is 5.92. The third-order valence-electron chi connectivity index (χ3n) is 3.77. The van der Waals surface area contributed by atoms with Gasteiger partial charge in [0, 0.05) is 12.1 Å². The van der Waals surface area contributed by atoms with E-state index in [0.29, 0.717) is 5.75 Å². The Balaban J connectivity index is 1.89. The van der Waals surface area contributed by atoms with Gasteiger partial charge in [0.05, 0.1) is 19.8 Å². The maximum absolute atomic E-state index is 12.2. The number of nitrogens with one attached hydrogen (secondary N) is 1. The van der Waals surface area contributed by atoms with Crippen molar-refractivity contribution in [1.29, 1.82) is 0 Å². The number of benzene rings is 2. The van der Waals surface area contributed by atoms with Gasteiger partial charge in [0.15, 0.2) is 24.7 Å². The molecule has 0 unspecified atom stereocenters. The molecule has 0 spiro atoms. The van der Waals surface area contributed by atoms with Crippen molar-refractivity contribution in [2.45, 2.75) is 6.54 Å². The predicted molar refractivity (Wildman–Crippen MR) is 103 cm³/mol. The Labute approximate surface area is 167 Å². The molecule has 9 nitrogen and oxygen atoms in total. The predicted octanol–water partition coefficient (Wildman–Crippen LogP) is 1.04. The van der Waals surface area contributed by atoms with Crippen LogP contribution in [0.3, 0.4) is 0 Å². The van der Waals surface area contributed by atoms with Crippen LogP contribution in [0.15, 0.2) is 42.5 Å². The van der Waals surface area contributed by atoms with E-state index in [1.807, 2.05) is 18.2 Å². The SMILES string of the molecule is COc1ccccc1CNC(=O)COC(=O)c1ccc(OCC(N)=O)c(OC)c1. The number of esters is 1. The summed E-state index contributed by atoms with van der Waals surface area (Å²) in [5, 5.41) is 2.65. The van der Waals surface area contributed by atoms with Gasteiger partial charge in [0.25, 0.3) is 11.8 Å². The van der Waals surface area contributed by atoms with Crippen LogP contribution in [0.5, 0.6) is 17.2 Å². The second kappa shape index (κ2) is 10.5. The summed E-state index contributed by atoms with van der Waals surface area (Å²) in [7, 11) is 2.92. The number of amides is 2. The van der Waals surface area contributed by atoms with Crippen LogP contribution >= 0.6 is 0 Å². The largest absolute Gasteiger partial charge is 0.496 e. The van der Waals surface area contributed by atoms with Gasteiger partial charge < -0.3 is 30.0 Å². The average Bonchev–Trinajstić information content (AvgIpc) is 2.74. The normalized spacial score (nSPS) is 10.0. The zero-order valence-corrected chi connectivity index (χ0v) is 16.1. The quantitative estimate of drug-likeness (QED) is 0.569. The van der Waals surface area contributed by atoms with Gasteiger partial charge in [0.2, 0.25) is 0 Å². The van der Waals surface area contributed by atoms with Crippen LogP contribution in [-0.4, -0.2) is 45.2 Å². The zero-order chi connectivity index (χ0) is 21.2. The van der Waals surface area contributed by atoms with Gasteiger partial charge in [-0.2, -0.15) is 0 Å². The lowest BCUT2D eigenvalue weighted by Gasteiger charge is -2.12. The van der Waals surface area contributed by atoms with Crippen LogP contribution in [0.4, 0.5) is 0 Å². The van der Waals surface area contributed by atoms with Crippen molar-refractivity contribution >= 4 is 17.8 Å². The van der Waals surface area contributed by atoms with Crippen molar-refractivity contribution in [3.05, 3.63) is 53.6 Å².